The normalized spacial score (nSPS) is 10.3. The number of carboxylic acids is 1. The van der Waals surface area contributed by atoms with Crippen LogP contribution in [-0.2, 0) is 4.74 Å². The molecule has 2 rings (SSSR count). The summed E-state index contributed by atoms with van der Waals surface area (Å²) < 4.78 is 6.45. The van der Waals surface area contributed by atoms with Crippen LogP contribution in [0.15, 0.2) is 39.7 Å². The molecule has 0 atom stereocenters. The van der Waals surface area contributed by atoms with Crippen molar-refractivity contribution in [3.05, 3.63) is 56.4 Å². The van der Waals surface area contributed by atoms with Gasteiger partial charge in [0.1, 0.15) is 5.56 Å². The summed E-state index contributed by atoms with van der Waals surface area (Å²) in [6, 6.07) is 6.44. The SMILES string of the molecule is COCCNc1ncc(C(=O)O)c(=O)n1NC(=O)c1ccc(Br)cc1. The summed E-state index contributed by atoms with van der Waals surface area (Å²) in [7, 11) is 1.50. The maximum absolute atomic E-state index is 12.3. The second kappa shape index (κ2) is 8.40. The van der Waals surface area contributed by atoms with E-state index in [4.69, 9.17) is 9.84 Å². The van der Waals surface area contributed by atoms with Gasteiger partial charge in [0, 0.05) is 23.7 Å². The molecule has 0 aliphatic carbocycles. The van der Waals surface area contributed by atoms with Crippen LogP contribution >= 0.6 is 15.9 Å². The highest BCUT2D eigenvalue weighted by atomic mass is 79.9. The van der Waals surface area contributed by atoms with Crippen LogP contribution in [0.4, 0.5) is 5.95 Å². The molecule has 10 heteroatoms. The summed E-state index contributed by atoms with van der Waals surface area (Å²) in [5, 5.41) is 11.9. The van der Waals surface area contributed by atoms with Crippen molar-refractivity contribution in [3.8, 4) is 0 Å². The molecular formula is C15H15BrN4O5. The topological polar surface area (TPSA) is 123 Å². The summed E-state index contributed by atoms with van der Waals surface area (Å²) in [4.78, 5) is 39.7. The first-order valence-corrected chi connectivity index (χ1v) is 7.88. The summed E-state index contributed by atoms with van der Waals surface area (Å²) in [6.07, 6.45) is 0.933. The Kier molecular flexibility index (Phi) is 6.25. The van der Waals surface area contributed by atoms with Gasteiger partial charge in [-0.15, -0.1) is 0 Å². The molecule has 9 nitrogen and oxygen atoms in total. The van der Waals surface area contributed by atoms with Crippen LogP contribution < -0.4 is 16.3 Å². The Labute approximate surface area is 150 Å². The molecule has 0 aliphatic rings. The highest BCUT2D eigenvalue weighted by Crippen LogP contribution is 2.11. The highest BCUT2D eigenvalue weighted by Gasteiger charge is 2.17. The van der Waals surface area contributed by atoms with E-state index in [1.807, 2.05) is 0 Å². The van der Waals surface area contributed by atoms with Gasteiger partial charge in [-0.2, -0.15) is 4.68 Å². The van der Waals surface area contributed by atoms with Crippen LogP contribution in [0.5, 0.6) is 0 Å². The molecule has 1 aromatic carbocycles. The number of methoxy groups -OCH3 is 1. The largest absolute Gasteiger partial charge is 0.477 e. The third-order valence-corrected chi connectivity index (χ3v) is 3.63. The van der Waals surface area contributed by atoms with E-state index in [0.717, 1.165) is 15.3 Å². The molecule has 132 valence electrons. The molecule has 0 saturated heterocycles. The number of aromatic carboxylic acids is 1. The average molecular weight is 411 g/mol. The predicted octanol–water partition coefficient (Wildman–Crippen LogP) is 1.15. The Morgan fingerprint density at radius 1 is 1.32 bits per heavy atom. The molecule has 2 aromatic rings. The van der Waals surface area contributed by atoms with Crippen LogP contribution in [0.1, 0.15) is 20.7 Å². The van der Waals surface area contributed by atoms with E-state index in [0.29, 0.717) is 18.7 Å². The van der Waals surface area contributed by atoms with Gasteiger partial charge >= 0.3 is 5.97 Å². The van der Waals surface area contributed by atoms with Gasteiger partial charge in [-0.3, -0.25) is 15.0 Å². The summed E-state index contributed by atoms with van der Waals surface area (Å²) in [5.74, 6) is -2.03. The molecule has 0 saturated carbocycles. The van der Waals surface area contributed by atoms with Gasteiger partial charge < -0.3 is 15.2 Å². The van der Waals surface area contributed by atoms with Crippen molar-refractivity contribution < 1.29 is 19.4 Å². The highest BCUT2D eigenvalue weighted by molar-refractivity contribution is 9.10. The fourth-order valence-corrected chi connectivity index (χ4v) is 2.13. The van der Waals surface area contributed by atoms with E-state index in [2.05, 4.69) is 31.7 Å². The van der Waals surface area contributed by atoms with Crippen LogP contribution in [0.2, 0.25) is 0 Å². The van der Waals surface area contributed by atoms with Crippen molar-refractivity contribution in [1.82, 2.24) is 9.66 Å². The number of benzene rings is 1. The molecule has 0 spiro atoms. The number of rotatable bonds is 7. The summed E-state index contributed by atoms with van der Waals surface area (Å²) >= 11 is 3.26. The Balaban J connectivity index is 2.36. The number of halogens is 1. The molecule has 0 aliphatic heterocycles. The molecule has 1 heterocycles. The smallest absolute Gasteiger partial charge is 0.343 e. The maximum Gasteiger partial charge on any atom is 0.343 e. The molecule has 3 N–H and O–H groups in total. The second-order valence-electron chi connectivity index (χ2n) is 4.81. The minimum absolute atomic E-state index is 0.00230. The van der Waals surface area contributed by atoms with E-state index in [1.165, 1.54) is 7.11 Å². The number of carbonyl (C=O) groups is 2. The molecule has 1 amide bonds. The maximum atomic E-state index is 12.3. The lowest BCUT2D eigenvalue weighted by molar-refractivity contribution is 0.0693. The van der Waals surface area contributed by atoms with E-state index < -0.39 is 23.0 Å². The van der Waals surface area contributed by atoms with Crippen LogP contribution in [0.25, 0.3) is 0 Å². The number of carboxylic acid groups (broad SMARTS) is 1. The Morgan fingerprint density at radius 2 is 2.00 bits per heavy atom. The number of amides is 1. The lowest BCUT2D eigenvalue weighted by Gasteiger charge is -2.14. The van der Waals surface area contributed by atoms with Crippen molar-refractivity contribution in [2.24, 2.45) is 0 Å². The number of hydrogen-bond acceptors (Lipinski definition) is 6. The zero-order valence-corrected chi connectivity index (χ0v) is 14.7. The third kappa shape index (κ3) is 4.64. The lowest BCUT2D eigenvalue weighted by atomic mass is 10.2. The van der Waals surface area contributed by atoms with Crippen molar-refractivity contribution >= 4 is 33.8 Å². The second-order valence-corrected chi connectivity index (χ2v) is 5.72. The summed E-state index contributed by atoms with van der Waals surface area (Å²) in [6.45, 7) is 0.640. The number of nitrogens with one attached hydrogen (secondary N) is 2. The van der Waals surface area contributed by atoms with E-state index >= 15 is 0 Å². The van der Waals surface area contributed by atoms with Gasteiger partial charge in [0.2, 0.25) is 5.95 Å². The Morgan fingerprint density at radius 3 is 2.60 bits per heavy atom. The molecular weight excluding hydrogens is 396 g/mol. The molecule has 1 aromatic heterocycles. The Bertz CT molecular complexity index is 835. The number of anilines is 1. The number of aromatic nitrogens is 2. The van der Waals surface area contributed by atoms with Gasteiger partial charge in [-0.1, -0.05) is 15.9 Å². The van der Waals surface area contributed by atoms with Gasteiger partial charge in [-0.25, -0.2) is 9.78 Å². The van der Waals surface area contributed by atoms with Crippen LogP contribution in [0, 0.1) is 0 Å². The van der Waals surface area contributed by atoms with Crippen molar-refractivity contribution in [2.45, 2.75) is 0 Å². The molecule has 25 heavy (non-hydrogen) atoms. The van der Waals surface area contributed by atoms with E-state index in [-0.39, 0.29) is 5.95 Å². The monoisotopic (exact) mass is 410 g/mol. The van der Waals surface area contributed by atoms with Gasteiger partial charge in [0.15, 0.2) is 0 Å². The molecule has 0 bridgehead atoms. The fraction of sp³-hybridized carbons (Fsp3) is 0.200. The first kappa shape index (κ1) is 18.6. The molecule has 0 unspecified atom stereocenters. The third-order valence-electron chi connectivity index (χ3n) is 3.10. The first-order valence-electron chi connectivity index (χ1n) is 7.09. The van der Waals surface area contributed by atoms with Crippen molar-refractivity contribution in [3.63, 3.8) is 0 Å². The molecule has 0 radical (unpaired) electrons. The summed E-state index contributed by atoms with van der Waals surface area (Å²) in [5.41, 5.74) is 1.18. The van der Waals surface area contributed by atoms with E-state index in [1.54, 1.807) is 24.3 Å². The number of ether oxygens (including phenoxy) is 1. The predicted molar refractivity (Wildman–Crippen MR) is 93.7 cm³/mol. The quantitative estimate of drug-likeness (QED) is 0.584. The first-order chi connectivity index (χ1) is 11.9. The zero-order valence-electron chi connectivity index (χ0n) is 13.2. The van der Waals surface area contributed by atoms with Crippen LogP contribution in [-0.4, -0.2) is 46.9 Å². The Hall–Kier alpha value is -2.72. The van der Waals surface area contributed by atoms with Gasteiger partial charge in [-0.05, 0) is 24.3 Å². The standard InChI is InChI=1S/C15H15BrN4O5/c1-25-7-6-17-15-18-8-11(14(23)24)13(22)20(15)19-12(21)9-2-4-10(16)5-3-9/h2-5,8H,6-7H2,1H3,(H,17,18)(H,19,21)(H,23,24). The number of nitrogens with zero attached hydrogens (tertiary/aromatic N) is 2. The zero-order chi connectivity index (χ0) is 18.4. The molecule has 0 fully saturated rings. The van der Waals surface area contributed by atoms with Crippen molar-refractivity contribution in [1.29, 1.82) is 0 Å². The average Bonchev–Trinajstić information content (AvgIpc) is 2.58. The number of hydrogen-bond donors (Lipinski definition) is 3. The van der Waals surface area contributed by atoms with E-state index in [9.17, 15) is 14.4 Å². The van der Waals surface area contributed by atoms with Crippen molar-refractivity contribution in [2.75, 3.05) is 31.0 Å². The fourth-order valence-electron chi connectivity index (χ4n) is 1.86. The minimum Gasteiger partial charge on any atom is -0.477 e. The minimum atomic E-state index is -1.44. The van der Waals surface area contributed by atoms with Crippen LogP contribution in [0.3, 0.4) is 0 Å². The lowest BCUT2D eigenvalue weighted by Crippen LogP contribution is -2.38. The van der Waals surface area contributed by atoms with Gasteiger partial charge in [0.05, 0.1) is 12.8 Å². The van der Waals surface area contributed by atoms with Gasteiger partial charge in [0.25, 0.3) is 11.5 Å². The number of carbonyl (C=O) groups excluding carboxylic acids is 1.